The zero-order valence-electron chi connectivity index (χ0n) is 16.6. The molecule has 5 rings (SSSR count). The summed E-state index contributed by atoms with van der Waals surface area (Å²) in [6, 6.07) is 14.9. The van der Waals surface area contributed by atoms with Crippen LogP contribution in [-0.2, 0) is 16.6 Å². The fourth-order valence-corrected chi connectivity index (χ4v) is 6.12. The average Bonchev–Trinajstić information content (AvgIpc) is 3.49. The molecule has 4 aromatic rings. The number of H-pyrrole nitrogens is 1. The summed E-state index contributed by atoms with van der Waals surface area (Å²) < 4.78 is 29.9. The molecule has 0 bridgehead atoms. The van der Waals surface area contributed by atoms with Gasteiger partial charge in [-0.15, -0.1) is 0 Å². The first-order valence-electron chi connectivity index (χ1n) is 10.0. The van der Waals surface area contributed by atoms with E-state index in [1.807, 2.05) is 25.5 Å². The van der Waals surface area contributed by atoms with Gasteiger partial charge in [0.1, 0.15) is 0 Å². The molecule has 1 aliphatic heterocycles. The van der Waals surface area contributed by atoms with E-state index in [4.69, 9.17) is 0 Å². The molecule has 1 aliphatic rings. The van der Waals surface area contributed by atoms with Crippen molar-refractivity contribution in [2.45, 2.75) is 30.8 Å². The van der Waals surface area contributed by atoms with Crippen LogP contribution in [0.1, 0.15) is 13.3 Å². The van der Waals surface area contributed by atoms with E-state index in [1.165, 1.54) is 0 Å². The minimum atomic E-state index is -3.47. The highest BCUT2D eigenvalue weighted by atomic mass is 32.2. The van der Waals surface area contributed by atoms with Crippen LogP contribution in [0, 0.1) is 5.92 Å². The van der Waals surface area contributed by atoms with Crippen LogP contribution < -0.4 is 0 Å². The highest BCUT2D eigenvalue weighted by Crippen LogP contribution is 2.31. The molecule has 0 amide bonds. The zero-order chi connectivity index (χ0) is 20.7. The minimum absolute atomic E-state index is 0.0253. The largest absolute Gasteiger partial charge is 0.330 e. The topological polar surface area (TPSA) is 83.9 Å². The second-order valence-electron chi connectivity index (χ2n) is 7.93. The second kappa shape index (κ2) is 7.37. The zero-order valence-corrected chi connectivity index (χ0v) is 17.5. The number of imidazole rings is 1. The van der Waals surface area contributed by atoms with E-state index in [0.717, 1.165) is 35.1 Å². The van der Waals surface area contributed by atoms with E-state index in [2.05, 4.69) is 37.9 Å². The molecule has 1 fully saturated rings. The molecule has 1 saturated heterocycles. The van der Waals surface area contributed by atoms with Gasteiger partial charge in [0.25, 0.3) is 0 Å². The van der Waals surface area contributed by atoms with Crippen molar-refractivity contribution < 1.29 is 8.42 Å². The number of aromatic amines is 1. The van der Waals surface area contributed by atoms with E-state index in [1.54, 1.807) is 34.8 Å². The molecule has 2 atom stereocenters. The van der Waals surface area contributed by atoms with Crippen molar-refractivity contribution in [1.82, 2.24) is 24.1 Å². The number of aromatic nitrogens is 4. The van der Waals surface area contributed by atoms with Gasteiger partial charge in [-0.2, -0.15) is 9.40 Å². The molecule has 8 heteroatoms. The van der Waals surface area contributed by atoms with Crippen molar-refractivity contribution in [2.24, 2.45) is 5.92 Å². The lowest BCUT2D eigenvalue weighted by Gasteiger charge is -2.21. The lowest BCUT2D eigenvalue weighted by molar-refractivity contribution is 0.399. The van der Waals surface area contributed by atoms with E-state index in [0.29, 0.717) is 11.4 Å². The third-order valence-electron chi connectivity index (χ3n) is 5.86. The first kappa shape index (κ1) is 19.0. The summed E-state index contributed by atoms with van der Waals surface area (Å²) in [5, 5.41) is 6.84. The van der Waals surface area contributed by atoms with E-state index in [-0.39, 0.29) is 12.0 Å². The fraction of sp³-hybridized carbons (Fsp3) is 0.273. The van der Waals surface area contributed by atoms with Gasteiger partial charge in [-0.1, -0.05) is 24.3 Å². The number of hydrogen-bond acceptors (Lipinski definition) is 4. The number of nitrogens with zero attached hydrogens (tertiary/aromatic N) is 4. The van der Waals surface area contributed by atoms with Gasteiger partial charge in [-0.25, -0.2) is 13.4 Å². The smallest absolute Gasteiger partial charge is 0.243 e. The summed E-state index contributed by atoms with van der Waals surface area (Å²) in [7, 11) is -3.47. The van der Waals surface area contributed by atoms with E-state index >= 15 is 0 Å². The molecule has 7 nitrogen and oxygen atoms in total. The standard InChI is InChI=1S/C22H23N5O2S/c1-16-9-17(14-27(16)30(28,29)20-5-3-2-4-6-20)13-26-15-23-21-10-18(7-8-22(21)26)19-11-24-25-12-19/h2-8,10-12,15-17H,9,13-14H2,1H3,(H,24,25)/t16-,17+/m0/s1. The fourth-order valence-electron chi connectivity index (χ4n) is 4.38. The van der Waals surface area contributed by atoms with Gasteiger partial charge in [0.15, 0.2) is 0 Å². The molecule has 2 aromatic carbocycles. The lowest BCUT2D eigenvalue weighted by Crippen LogP contribution is -2.34. The van der Waals surface area contributed by atoms with Crippen molar-refractivity contribution in [3.63, 3.8) is 0 Å². The molecule has 3 heterocycles. The molecule has 154 valence electrons. The maximum absolute atomic E-state index is 13.1. The predicted molar refractivity (Wildman–Crippen MR) is 115 cm³/mol. The molecular weight excluding hydrogens is 398 g/mol. The average molecular weight is 422 g/mol. The van der Waals surface area contributed by atoms with Crippen molar-refractivity contribution in [1.29, 1.82) is 0 Å². The molecule has 2 aromatic heterocycles. The number of nitrogens with one attached hydrogen (secondary N) is 1. The van der Waals surface area contributed by atoms with Crippen molar-refractivity contribution in [3.8, 4) is 11.1 Å². The van der Waals surface area contributed by atoms with Crippen LogP contribution in [-0.4, -0.2) is 45.1 Å². The summed E-state index contributed by atoms with van der Waals surface area (Å²) in [5.41, 5.74) is 4.07. The van der Waals surface area contributed by atoms with Gasteiger partial charge in [0.2, 0.25) is 10.0 Å². The number of benzene rings is 2. The van der Waals surface area contributed by atoms with Gasteiger partial charge in [0.05, 0.1) is 28.5 Å². The lowest BCUT2D eigenvalue weighted by atomic mass is 10.1. The molecule has 30 heavy (non-hydrogen) atoms. The Kier molecular flexibility index (Phi) is 4.67. The summed E-state index contributed by atoms with van der Waals surface area (Å²) in [5.74, 6) is 0.240. The Morgan fingerprint density at radius 3 is 2.73 bits per heavy atom. The van der Waals surface area contributed by atoms with Crippen LogP contribution in [0.15, 0.2) is 72.1 Å². The van der Waals surface area contributed by atoms with Crippen LogP contribution in [0.2, 0.25) is 0 Å². The maximum atomic E-state index is 13.1. The number of sulfonamides is 1. The van der Waals surface area contributed by atoms with Crippen molar-refractivity contribution in [2.75, 3.05) is 6.54 Å². The number of hydrogen-bond donors (Lipinski definition) is 1. The molecule has 0 aliphatic carbocycles. The van der Waals surface area contributed by atoms with Gasteiger partial charge in [0, 0.05) is 30.9 Å². The van der Waals surface area contributed by atoms with Crippen LogP contribution >= 0.6 is 0 Å². The van der Waals surface area contributed by atoms with E-state index < -0.39 is 10.0 Å². The number of rotatable bonds is 5. The van der Waals surface area contributed by atoms with Gasteiger partial charge < -0.3 is 4.57 Å². The van der Waals surface area contributed by atoms with Crippen LogP contribution in [0.25, 0.3) is 22.2 Å². The molecule has 0 saturated carbocycles. The third-order valence-corrected chi connectivity index (χ3v) is 7.86. The second-order valence-corrected chi connectivity index (χ2v) is 9.82. The Labute approximate surface area is 175 Å². The first-order valence-corrected chi connectivity index (χ1v) is 11.5. The summed E-state index contributed by atoms with van der Waals surface area (Å²) in [4.78, 5) is 4.92. The Balaban J connectivity index is 1.36. The molecule has 0 radical (unpaired) electrons. The summed E-state index contributed by atoms with van der Waals surface area (Å²) in [6.07, 6.45) is 6.33. The van der Waals surface area contributed by atoms with Crippen LogP contribution in [0.3, 0.4) is 0 Å². The SMILES string of the molecule is C[C@H]1C[C@H](Cn2cnc3cc(-c4cn[nH]c4)ccc32)CN1S(=O)(=O)c1ccccc1. The highest BCUT2D eigenvalue weighted by molar-refractivity contribution is 7.89. The summed E-state index contributed by atoms with van der Waals surface area (Å²) >= 11 is 0. The highest BCUT2D eigenvalue weighted by Gasteiger charge is 2.37. The molecule has 0 unspecified atom stereocenters. The Morgan fingerprint density at radius 2 is 1.97 bits per heavy atom. The van der Waals surface area contributed by atoms with Gasteiger partial charge in [-0.05, 0) is 49.1 Å². The van der Waals surface area contributed by atoms with Crippen molar-refractivity contribution in [3.05, 3.63) is 67.3 Å². The Hall–Kier alpha value is -2.97. The predicted octanol–water partition coefficient (Wildman–Crippen LogP) is 3.53. The number of fused-ring (bicyclic) bond motifs is 1. The maximum Gasteiger partial charge on any atom is 0.243 e. The Morgan fingerprint density at radius 1 is 1.13 bits per heavy atom. The molecule has 0 spiro atoms. The summed E-state index contributed by atoms with van der Waals surface area (Å²) in [6.45, 7) is 3.25. The normalized spacial score (nSPS) is 20.2. The van der Waals surface area contributed by atoms with Crippen LogP contribution in [0.4, 0.5) is 0 Å². The molecular formula is C22H23N5O2S. The van der Waals surface area contributed by atoms with Crippen LogP contribution in [0.5, 0.6) is 0 Å². The minimum Gasteiger partial charge on any atom is -0.330 e. The van der Waals surface area contributed by atoms with Crippen molar-refractivity contribution >= 4 is 21.1 Å². The quantitative estimate of drug-likeness (QED) is 0.534. The monoisotopic (exact) mass is 421 g/mol. The Bertz CT molecular complexity index is 1270. The van der Waals surface area contributed by atoms with E-state index in [9.17, 15) is 8.42 Å². The third kappa shape index (κ3) is 3.32. The van der Waals surface area contributed by atoms with Gasteiger partial charge in [-0.3, -0.25) is 5.10 Å². The van der Waals surface area contributed by atoms with Gasteiger partial charge >= 0.3 is 0 Å². The first-order chi connectivity index (χ1) is 14.5. The molecule has 1 N–H and O–H groups in total.